The van der Waals surface area contributed by atoms with Crippen molar-refractivity contribution in [2.75, 3.05) is 14.2 Å². The average molecular weight is 134 g/mol. The van der Waals surface area contributed by atoms with Gasteiger partial charge >= 0.3 is 16.6 Å². The monoisotopic (exact) mass is 134 g/mol. The van der Waals surface area contributed by atoms with Gasteiger partial charge in [-0.15, -0.1) is 0 Å². The molecular weight excluding hydrogens is 123 g/mol. The van der Waals surface area contributed by atoms with Gasteiger partial charge in [-0.1, -0.05) is 0 Å². The Kier molecular flexibility index (Phi) is 3.62. The first-order chi connectivity index (χ1) is 3.68. The van der Waals surface area contributed by atoms with E-state index >= 15 is 0 Å². The summed E-state index contributed by atoms with van der Waals surface area (Å²) in [5.74, 6) is -0.912. The fourth-order valence-electron chi connectivity index (χ4n) is 0.180. The maximum atomic E-state index is 4.77. The van der Waals surface area contributed by atoms with E-state index in [0.717, 1.165) is 0 Å². The van der Waals surface area contributed by atoms with Crippen LogP contribution in [-0.2, 0) is 13.3 Å². The average Bonchev–Trinajstić information content (AvgIpc) is 1.87. The molecule has 4 heteroatoms. The molecule has 48 valence electrons. The molecule has 0 aliphatic carbocycles. The SMILES string of the molecule is COC(C)(OC)[O][Al].[HH]. The van der Waals surface area contributed by atoms with Crippen molar-refractivity contribution in [3.63, 3.8) is 0 Å². The zero-order chi connectivity index (χ0) is 6.62. The molecule has 8 heavy (non-hydrogen) atoms. The molecule has 0 unspecified atom stereocenters. The lowest BCUT2D eigenvalue weighted by Gasteiger charge is -2.25. The molecule has 0 saturated carbocycles. The zero-order valence-electron chi connectivity index (χ0n) is 5.30. The largest absolute Gasteiger partial charge is 0.473 e. The van der Waals surface area contributed by atoms with Gasteiger partial charge in [0.05, 0.1) is 0 Å². The zero-order valence-corrected chi connectivity index (χ0v) is 6.46. The van der Waals surface area contributed by atoms with Crippen molar-refractivity contribution in [2.45, 2.75) is 12.9 Å². The molecule has 0 spiro atoms. The summed E-state index contributed by atoms with van der Waals surface area (Å²) in [5.41, 5.74) is 0. The standard InChI is InChI=1S/C4H9O3.Al.H2/c1-4(5,6-2)7-3;;/h1-3H3;;1H/q-1;+1;. The van der Waals surface area contributed by atoms with E-state index in [9.17, 15) is 0 Å². The van der Waals surface area contributed by atoms with Crippen LogP contribution in [0.2, 0.25) is 0 Å². The normalized spacial score (nSPS) is 11.9. The van der Waals surface area contributed by atoms with Crippen molar-refractivity contribution in [1.29, 1.82) is 0 Å². The molecular formula is C4H11AlO3. The van der Waals surface area contributed by atoms with Gasteiger partial charge in [0.2, 0.25) is 0 Å². The molecule has 0 aliphatic rings. The summed E-state index contributed by atoms with van der Waals surface area (Å²) in [6.07, 6.45) is 0. The van der Waals surface area contributed by atoms with Crippen LogP contribution in [0.5, 0.6) is 0 Å². The van der Waals surface area contributed by atoms with Crippen molar-refractivity contribution in [2.24, 2.45) is 0 Å². The minimum atomic E-state index is -0.912. The number of ether oxygens (including phenoxy) is 2. The Morgan fingerprint density at radius 2 is 1.75 bits per heavy atom. The van der Waals surface area contributed by atoms with Crippen LogP contribution >= 0.6 is 0 Å². The van der Waals surface area contributed by atoms with E-state index < -0.39 is 5.97 Å². The van der Waals surface area contributed by atoms with E-state index in [1.807, 2.05) is 0 Å². The summed E-state index contributed by atoms with van der Waals surface area (Å²) in [7, 11) is 3.02. The van der Waals surface area contributed by atoms with E-state index in [1.165, 1.54) is 14.2 Å². The minimum absolute atomic E-state index is 0. The molecule has 0 fully saturated rings. The summed E-state index contributed by atoms with van der Waals surface area (Å²) in [6, 6.07) is 0. The van der Waals surface area contributed by atoms with Gasteiger partial charge in [-0.05, 0) is 0 Å². The summed E-state index contributed by atoms with van der Waals surface area (Å²) in [5, 5.41) is 0. The minimum Gasteiger partial charge on any atom is -0.473 e. The van der Waals surface area contributed by atoms with Crippen molar-refractivity contribution < 1.29 is 14.7 Å². The quantitative estimate of drug-likeness (QED) is 0.410. The predicted octanol–water partition coefficient (Wildman–Crippen LogP) is 0.299. The number of hydrogen-bond donors (Lipinski definition) is 0. The van der Waals surface area contributed by atoms with E-state index in [0.29, 0.717) is 0 Å². The third-order valence-electron chi connectivity index (χ3n) is 0.956. The highest BCUT2D eigenvalue weighted by Gasteiger charge is 2.18. The van der Waals surface area contributed by atoms with E-state index in [-0.39, 0.29) is 1.43 Å². The summed E-state index contributed by atoms with van der Waals surface area (Å²) in [6.45, 7) is 1.67. The van der Waals surface area contributed by atoms with Crippen LogP contribution < -0.4 is 0 Å². The maximum absolute atomic E-state index is 4.77. The first-order valence-corrected chi connectivity index (χ1v) is 2.64. The van der Waals surface area contributed by atoms with E-state index in [2.05, 4.69) is 16.6 Å². The molecule has 0 rings (SSSR count). The van der Waals surface area contributed by atoms with Crippen LogP contribution in [0, 0.1) is 0 Å². The van der Waals surface area contributed by atoms with Crippen molar-refractivity contribution in [3.05, 3.63) is 0 Å². The summed E-state index contributed by atoms with van der Waals surface area (Å²) < 4.78 is 14.3. The third-order valence-corrected chi connectivity index (χ3v) is 1.38. The van der Waals surface area contributed by atoms with Crippen LogP contribution in [0.1, 0.15) is 8.35 Å². The Bertz CT molecular complexity index is 58.6. The predicted molar refractivity (Wildman–Crippen MR) is 31.4 cm³/mol. The lowest BCUT2D eigenvalue weighted by atomic mass is 10.7. The smallest absolute Gasteiger partial charge is 0.378 e. The highest BCUT2D eigenvalue weighted by Crippen LogP contribution is 2.07. The van der Waals surface area contributed by atoms with Gasteiger partial charge < -0.3 is 13.3 Å². The lowest BCUT2D eigenvalue weighted by molar-refractivity contribution is -0.308. The van der Waals surface area contributed by atoms with Gasteiger partial charge in [0.25, 0.3) is 5.97 Å². The van der Waals surface area contributed by atoms with E-state index in [1.54, 1.807) is 6.92 Å². The number of rotatable bonds is 3. The molecule has 0 aromatic carbocycles. The first kappa shape index (κ1) is 8.41. The summed E-state index contributed by atoms with van der Waals surface area (Å²) >= 11 is 2.06. The molecule has 0 atom stereocenters. The fourth-order valence-corrected chi connectivity index (χ4v) is 0.372. The molecule has 0 aromatic heterocycles. The van der Waals surface area contributed by atoms with Crippen LogP contribution in [0.15, 0.2) is 0 Å². The second kappa shape index (κ2) is 3.44. The van der Waals surface area contributed by atoms with Crippen LogP contribution in [0.4, 0.5) is 0 Å². The Morgan fingerprint density at radius 1 is 1.38 bits per heavy atom. The van der Waals surface area contributed by atoms with Gasteiger partial charge in [-0.2, -0.15) is 0 Å². The van der Waals surface area contributed by atoms with Crippen molar-refractivity contribution >= 4 is 16.6 Å². The number of methoxy groups -OCH3 is 2. The molecule has 0 heterocycles. The molecule has 3 nitrogen and oxygen atoms in total. The van der Waals surface area contributed by atoms with Crippen LogP contribution in [0.25, 0.3) is 0 Å². The third kappa shape index (κ3) is 2.12. The summed E-state index contributed by atoms with van der Waals surface area (Å²) in [4.78, 5) is 0. The lowest BCUT2D eigenvalue weighted by Crippen LogP contribution is -2.32. The van der Waals surface area contributed by atoms with Crippen molar-refractivity contribution in [1.82, 2.24) is 0 Å². The Hall–Kier alpha value is 0.412. The number of hydrogen-bond acceptors (Lipinski definition) is 3. The topological polar surface area (TPSA) is 27.7 Å². The highest BCUT2D eigenvalue weighted by atomic mass is 27.1. The molecule has 0 N–H and O–H groups in total. The fraction of sp³-hybridized carbons (Fsp3) is 1.00. The molecule has 0 aliphatic heterocycles. The molecule has 2 radical (unpaired) electrons. The van der Waals surface area contributed by atoms with Gasteiger partial charge in [0.15, 0.2) is 0 Å². The molecule has 0 bridgehead atoms. The second-order valence-corrected chi connectivity index (χ2v) is 1.62. The Morgan fingerprint density at radius 3 is 1.75 bits per heavy atom. The van der Waals surface area contributed by atoms with Gasteiger partial charge in [-0.25, -0.2) is 0 Å². The van der Waals surface area contributed by atoms with Gasteiger partial charge in [0, 0.05) is 22.6 Å². The molecule has 0 saturated heterocycles. The van der Waals surface area contributed by atoms with Gasteiger partial charge in [0.1, 0.15) is 0 Å². The van der Waals surface area contributed by atoms with E-state index in [4.69, 9.17) is 13.3 Å². The molecule has 0 aromatic rings. The second-order valence-electron chi connectivity index (χ2n) is 1.39. The van der Waals surface area contributed by atoms with Crippen molar-refractivity contribution in [3.8, 4) is 0 Å². The van der Waals surface area contributed by atoms with Gasteiger partial charge in [-0.3, -0.25) is 0 Å². The Balaban J connectivity index is 0. The van der Waals surface area contributed by atoms with Crippen LogP contribution in [-0.4, -0.2) is 36.8 Å². The molecule has 0 amide bonds. The highest BCUT2D eigenvalue weighted by molar-refractivity contribution is 5.98. The Labute approximate surface area is 59.2 Å². The maximum Gasteiger partial charge on any atom is 0.378 e. The first-order valence-electron chi connectivity index (χ1n) is 2.16. The van der Waals surface area contributed by atoms with Crippen LogP contribution in [0.3, 0.4) is 0 Å².